The van der Waals surface area contributed by atoms with Gasteiger partial charge in [0, 0.05) is 11.5 Å². The van der Waals surface area contributed by atoms with Crippen molar-refractivity contribution in [3.8, 4) is 0 Å². The van der Waals surface area contributed by atoms with Crippen LogP contribution in [0.5, 0.6) is 0 Å². The van der Waals surface area contributed by atoms with Crippen LogP contribution < -0.4 is 0 Å². The van der Waals surface area contributed by atoms with Gasteiger partial charge in [0.1, 0.15) is 5.60 Å². The maximum Gasteiger partial charge on any atom is 0.199 e. The second kappa shape index (κ2) is 8.35. The third kappa shape index (κ3) is 3.27. The molecule has 30 heavy (non-hydrogen) atoms. The molecule has 3 nitrogen and oxygen atoms in total. The monoisotopic (exact) mass is 402 g/mol. The highest BCUT2D eigenvalue weighted by atomic mass is 16.6. The average molecular weight is 403 g/mol. The van der Waals surface area contributed by atoms with Gasteiger partial charge < -0.3 is 14.9 Å². The molecule has 0 saturated carbocycles. The van der Waals surface area contributed by atoms with Gasteiger partial charge in [-0.25, -0.2) is 0 Å². The second-order valence-electron chi connectivity index (χ2n) is 8.18. The van der Waals surface area contributed by atoms with Gasteiger partial charge >= 0.3 is 0 Å². The molecule has 3 aromatic rings. The lowest BCUT2D eigenvalue weighted by Gasteiger charge is -2.56. The lowest BCUT2D eigenvalue weighted by molar-refractivity contribution is -0.366. The molecule has 0 amide bonds. The van der Waals surface area contributed by atoms with Gasteiger partial charge in [-0.2, -0.15) is 0 Å². The van der Waals surface area contributed by atoms with Gasteiger partial charge in [0.25, 0.3) is 0 Å². The van der Waals surface area contributed by atoms with Crippen molar-refractivity contribution in [3.63, 3.8) is 0 Å². The Bertz CT molecular complexity index is 944. The minimum Gasteiger partial charge on any atom is -0.384 e. The predicted molar refractivity (Wildman–Crippen MR) is 119 cm³/mol. The van der Waals surface area contributed by atoms with Crippen LogP contribution in [0.4, 0.5) is 0 Å². The van der Waals surface area contributed by atoms with Crippen LogP contribution in [0.15, 0.2) is 91.0 Å². The largest absolute Gasteiger partial charge is 0.384 e. The topological polar surface area (TPSA) is 49.7 Å². The van der Waals surface area contributed by atoms with Crippen LogP contribution in [0.25, 0.3) is 0 Å². The van der Waals surface area contributed by atoms with Gasteiger partial charge in [-0.1, -0.05) is 105 Å². The fraction of sp³-hybridized carbons (Fsp3) is 0.333. The zero-order chi connectivity index (χ0) is 21.2. The van der Waals surface area contributed by atoms with Crippen molar-refractivity contribution in [2.45, 2.75) is 44.2 Å². The summed E-state index contributed by atoms with van der Waals surface area (Å²) < 4.78 is 6.57. The van der Waals surface area contributed by atoms with E-state index in [0.29, 0.717) is 18.4 Å². The molecule has 1 aliphatic rings. The summed E-state index contributed by atoms with van der Waals surface area (Å²) in [6, 6.07) is 29.2. The number of hydrogen-bond donors (Lipinski definition) is 2. The van der Waals surface area contributed by atoms with Crippen molar-refractivity contribution < 1.29 is 14.9 Å². The highest BCUT2D eigenvalue weighted by Gasteiger charge is 2.61. The second-order valence-corrected chi connectivity index (χ2v) is 8.18. The van der Waals surface area contributed by atoms with Crippen molar-refractivity contribution >= 4 is 0 Å². The van der Waals surface area contributed by atoms with E-state index < -0.39 is 23.4 Å². The summed E-state index contributed by atoms with van der Waals surface area (Å²) in [5, 5.41) is 24.5. The quantitative estimate of drug-likeness (QED) is 0.589. The van der Waals surface area contributed by atoms with Gasteiger partial charge in [0.15, 0.2) is 5.79 Å². The van der Waals surface area contributed by atoms with Crippen molar-refractivity contribution in [3.05, 3.63) is 108 Å². The van der Waals surface area contributed by atoms with E-state index in [1.54, 1.807) is 0 Å². The first-order chi connectivity index (χ1) is 14.6. The van der Waals surface area contributed by atoms with Crippen LogP contribution >= 0.6 is 0 Å². The predicted octanol–water partition coefficient (Wildman–Crippen LogP) is 5.54. The van der Waals surface area contributed by atoms with E-state index in [1.807, 2.05) is 97.9 Å². The van der Waals surface area contributed by atoms with E-state index in [4.69, 9.17) is 4.74 Å². The maximum atomic E-state index is 12.5. The SMILES string of the molecule is CC[C@@H]1[C@@H](c2ccccc2)OC(O)(c2ccccc2)[C@H](CC)C1(O)c1ccccc1. The molecule has 3 heteroatoms. The molecule has 3 aromatic carbocycles. The standard InChI is InChI=1S/C27H30O3/c1-3-23-25(20-14-8-5-9-15-20)30-27(29,22-18-12-7-13-19-22)24(4-2)26(23,28)21-16-10-6-11-17-21/h5-19,23-25,28-29H,3-4H2,1-2H3/t23-,24-,25-,26?,27?/m1/s1. The molecule has 1 fully saturated rings. The molecule has 0 radical (unpaired) electrons. The summed E-state index contributed by atoms with van der Waals surface area (Å²) in [5.74, 6) is -2.36. The minimum absolute atomic E-state index is 0.212. The molecule has 0 bridgehead atoms. The maximum absolute atomic E-state index is 12.5. The van der Waals surface area contributed by atoms with Gasteiger partial charge in [-0.05, 0) is 24.0 Å². The fourth-order valence-electron chi connectivity index (χ4n) is 5.27. The average Bonchev–Trinajstić information content (AvgIpc) is 2.80. The number of aliphatic hydroxyl groups is 2. The Balaban J connectivity index is 1.96. The van der Waals surface area contributed by atoms with Gasteiger partial charge in [0.2, 0.25) is 0 Å². The lowest BCUT2D eigenvalue weighted by atomic mass is 9.61. The van der Waals surface area contributed by atoms with Gasteiger partial charge in [0.05, 0.1) is 12.0 Å². The highest BCUT2D eigenvalue weighted by Crippen LogP contribution is 2.59. The Kier molecular flexibility index (Phi) is 5.79. The van der Waals surface area contributed by atoms with E-state index in [9.17, 15) is 10.2 Å². The molecule has 1 aliphatic heterocycles. The van der Waals surface area contributed by atoms with E-state index in [2.05, 4.69) is 6.92 Å². The first-order valence-electron chi connectivity index (χ1n) is 10.8. The molecular formula is C27H30O3. The summed E-state index contributed by atoms with van der Waals surface area (Å²) >= 11 is 0. The molecule has 0 aliphatic carbocycles. The normalized spacial score (nSPS) is 31.4. The van der Waals surface area contributed by atoms with E-state index >= 15 is 0 Å². The Morgan fingerprint density at radius 1 is 0.700 bits per heavy atom. The van der Waals surface area contributed by atoms with Crippen molar-refractivity contribution in [2.75, 3.05) is 0 Å². The summed E-state index contributed by atoms with van der Waals surface area (Å²) in [6.45, 7) is 4.09. The zero-order valence-electron chi connectivity index (χ0n) is 17.6. The Morgan fingerprint density at radius 3 is 1.70 bits per heavy atom. The first-order valence-corrected chi connectivity index (χ1v) is 10.8. The lowest BCUT2D eigenvalue weighted by Crippen LogP contribution is -2.59. The van der Waals surface area contributed by atoms with Crippen molar-refractivity contribution in [2.24, 2.45) is 11.8 Å². The van der Waals surface area contributed by atoms with Crippen LogP contribution in [-0.4, -0.2) is 10.2 Å². The number of benzene rings is 3. The van der Waals surface area contributed by atoms with Crippen molar-refractivity contribution in [1.29, 1.82) is 0 Å². The number of rotatable bonds is 5. The van der Waals surface area contributed by atoms with Gasteiger partial charge in [-0.3, -0.25) is 0 Å². The molecule has 1 saturated heterocycles. The summed E-state index contributed by atoms with van der Waals surface area (Å²) in [5.41, 5.74) is 1.19. The molecular weight excluding hydrogens is 372 g/mol. The summed E-state index contributed by atoms with van der Waals surface area (Å²) in [7, 11) is 0. The molecule has 156 valence electrons. The Morgan fingerprint density at radius 2 is 1.20 bits per heavy atom. The molecule has 0 spiro atoms. The molecule has 0 aromatic heterocycles. The van der Waals surface area contributed by atoms with E-state index in [-0.39, 0.29) is 5.92 Å². The van der Waals surface area contributed by atoms with Crippen molar-refractivity contribution in [1.82, 2.24) is 0 Å². The smallest absolute Gasteiger partial charge is 0.199 e. The highest BCUT2D eigenvalue weighted by molar-refractivity contribution is 5.33. The summed E-state index contributed by atoms with van der Waals surface area (Å²) in [6.07, 6.45) is 0.829. The molecule has 5 atom stereocenters. The van der Waals surface area contributed by atoms with Crippen LogP contribution in [0.3, 0.4) is 0 Å². The molecule has 4 rings (SSSR count). The molecule has 1 heterocycles. The fourth-order valence-corrected chi connectivity index (χ4v) is 5.27. The van der Waals surface area contributed by atoms with Crippen LogP contribution in [0.2, 0.25) is 0 Å². The van der Waals surface area contributed by atoms with Crippen LogP contribution in [0.1, 0.15) is 49.5 Å². The van der Waals surface area contributed by atoms with E-state index in [0.717, 1.165) is 11.1 Å². The molecule has 2 unspecified atom stereocenters. The Hall–Kier alpha value is -2.46. The van der Waals surface area contributed by atoms with Crippen LogP contribution in [-0.2, 0) is 16.1 Å². The third-order valence-corrected chi connectivity index (χ3v) is 6.64. The first kappa shape index (κ1) is 20.8. The minimum atomic E-state index is -1.62. The number of ether oxygens (including phenoxy) is 1. The van der Waals surface area contributed by atoms with Crippen LogP contribution in [0, 0.1) is 11.8 Å². The number of hydrogen-bond acceptors (Lipinski definition) is 3. The van der Waals surface area contributed by atoms with Gasteiger partial charge in [-0.15, -0.1) is 0 Å². The summed E-state index contributed by atoms with van der Waals surface area (Å²) in [4.78, 5) is 0. The zero-order valence-corrected chi connectivity index (χ0v) is 17.6. The van der Waals surface area contributed by atoms with E-state index in [1.165, 1.54) is 0 Å². The third-order valence-electron chi connectivity index (χ3n) is 6.64. The Labute approximate surface area is 179 Å². The molecule has 2 N–H and O–H groups in total.